The fraction of sp³-hybridized carbons (Fsp3) is 0.130. The molecule has 1 heterocycles. The minimum absolute atomic E-state index is 0.0385. The number of para-hydroxylation sites is 1. The molecular formula is C23H20ClN5O4. The van der Waals surface area contributed by atoms with Crippen LogP contribution in [0.2, 0.25) is 5.02 Å². The van der Waals surface area contributed by atoms with E-state index in [1.165, 1.54) is 10.7 Å². The van der Waals surface area contributed by atoms with Gasteiger partial charge in [-0.15, -0.1) is 0 Å². The maximum absolute atomic E-state index is 11.3. The number of aromatic carboxylic acids is 1. The van der Waals surface area contributed by atoms with E-state index in [4.69, 9.17) is 21.1 Å². The van der Waals surface area contributed by atoms with Crippen LogP contribution >= 0.6 is 11.6 Å². The van der Waals surface area contributed by atoms with Crippen molar-refractivity contribution in [2.75, 3.05) is 11.9 Å². The SMILES string of the molecule is CCOc1cc(CNc2ccc(Cl)c(C(=O)O)c2)ccc1Oc1nnnn1-c1ccccc1. The Morgan fingerprint density at radius 2 is 1.91 bits per heavy atom. The highest BCUT2D eigenvalue weighted by Crippen LogP contribution is 2.32. The van der Waals surface area contributed by atoms with Gasteiger partial charge in [-0.25, -0.2) is 4.79 Å². The number of hydrogen-bond donors (Lipinski definition) is 2. The highest BCUT2D eigenvalue weighted by Gasteiger charge is 2.15. The molecule has 0 saturated carbocycles. The molecule has 3 aromatic carbocycles. The van der Waals surface area contributed by atoms with E-state index in [0.29, 0.717) is 30.3 Å². The molecule has 4 aromatic rings. The molecule has 1 aromatic heterocycles. The molecule has 9 nitrogen and oxygen atoms in total. The first kappa shape index (κ1) is 22.1. The van der Waals surface area contributed by atoms with E-state index in [1.807, 2.05) is 49.4 Å². The number of tetrazole rings is 1. The van der Waals surface area contributed by atoms with Gasteiger partial charge >= 0.3 is 12.0 Å². The van der Waals surface area contributed by atoms with Gasteiger partial charge in [-0.3, -0.25) is 0 Å². The molecule has 0 saturated heterocycles. The molecule has 0 atom stereocenters. The molecule has 0 aliphatic heterocycles. The Morgan fingerprint density at radius 3 is 2.67 bits per heavy atom. The zero-order valence-corrected chi connectivity index (χ0v) is 18.4. The van der Waals surface area contributed by atoms with Crippen molar-refractivity contribution in [2.45, 2.75) is 13.5 Å². The number of carboxylic acids is 1. The molecule has 0 radical (unpaired) electrons. The number of anilines is 1. The van der Waals surface area contributed by atoms with Gasteiger partial charge in [0.15, 0.2) is 11.5 Å². The first-order valence-corrected chi connectivity index (χ1v) is 10.5. The Kier molecular flexibility index (Phi) is 6.70. The van der Waals surface area contributed by atoms with E-state index in [2.05, 4.69) is 20.8 Å². The summed E-state index contributed by atoms with van der Waals surface area (Å²) in [6.45, 7) is 2.75. The van der Waals surface area contributed by atoms with Crippen molar-refractivity contribution in [3.8, 4) is 23.2 Å². The second-order valence-corrected chi connectivity index (χ2v) is 7.29. The van der Waals surface area contributed by atoms with Gasteiger partial charge in [0.05, 0.1) is 22.9 Å². The highest BCUT2D eigenvalue weighted by atomic mass is 35.5. The number of carboxylic acid groups (broad SMARTS) is 1. The molecule has 10 heteroatoms. The predicted molar refractivity (Wildman–Crippen MR) is 123 cm³/mol. The van der Waals surface area contributed by atoms with Crippen LogP contribution < -0.4 is 14.8 Å². The minimum atomic E-state index is -1.08. The van der Waals surface area contributed by atoms with Crippen LogP contribution in [0.5, 0.6) is 17.5 Å². The third-order valence-electron chi connectivity index (χ3n) is 4.64. The fourth-order valence-electron chi connectivity index (χ4n) is 3.09. The van der Waals surface area contributed by atoms with Crippen LogP contribution in [-0.2, 0) is 6.54 Å². The Balaban J connectivity index is 1.53. The molecule has 33 heavy (non-hydrogen) atoms. The van der Waals surface area contributed by atoms with Crippen LogP contribution in [0.4, 0.5) is 5.69 Å². The second-order valence-electron chi connectivity index (χ2n) is 6.88. The fourth-order valence-corrected chi connectivity index (χ4v) is 3.29. The average Bonchev–Trinajstić information content (AvgIpc) is 3.29. The molecule has 0 amide bonds. The number of rotatable bonds is 9. The molecule has 0 bridgehead atoms. The van der Waals surface area contributed by atoms with Crippen LogP contribution in [0.1, 0.15) is 22.8 Å². The summed E-state index contributed by atoms with van der Waals surface area (Å²) < 4.78 is 13.2. The van der Waals surface area contributed by atoms with Gasteiger partial charge in [0.1, 0.15) is 0 Å². The summed E-state index contributed by atoms with van der Waals surface area (Å²) in [4.78, 5) is 11.3. The van der Waals surface area contributed by atoms with E-state index >= 15 is 0 Å². The first-order chi connectivity index (χ1) is 16.0. The zero-order valence-electron chi connectivity index (χ0n) is 17.6. The third-order valence-corrected chi connectivity index (χ3v) is 4.97. The summed E-state index contributed by atoms with van der Waals surface area (Å²) in [6, 6.07) is 19.9. The Labute approximate surface area is 194 Å². The quantitative estimate of drug-likeness (QED) is 0.362. The van der Waals surface area contributed by atoms with Crippen molar-refractivity contribution < 1.29 is 19.4 Å². The maximum atomic E-state index is 11.3. The Bertz CT molecular complexity index is 1260. The number of nitrogens with zero attached hydrogens (tertiary/aromatic N) is 4. The van der Waals surface area contributed by atoms with Crippen molar-refractivity contribution in [1.29, 1.82) is 0 Å². The van der Waals surface area contributed by atoms with Gasteiger partial charge in [0.25, 0.3) is 0 Å². The summed E-state index contributed by atoms with van der Waals surface area (Å²) in [5, 5.41) is 24.3. The molecule has 2 N–H and O–H groups in total. The predicted octanol–water partition coefficient (Wildman–Crippen LogP) is 4.82. The Morgan fingerprint density at radius 1 is 1.09 bits per heavy atom. The van der Waals surface area contributed by atoms with Crippen LogP contribution in [0, 0.1) is 0 Å². The number of aromatic nitrogens is 4. The van der Waals surface area contributed by atoms with Crippen molar-refractivity contribution in [3.63, 3.8) is 0 Å². The van der Waals surface area contributed by atoms with Crippen molar-refractivity contribution in [2.24, 2.45) is 0 Å². The number of benzene rings is 3. The largest absolute Gasteiger partial charge is 0.490 e. The molecule has 0 unspecified atom stereocenters. The zero-order chi connectivity index (χ0) is 23.2. The maximum Gasteiger partial charge on any atom is 0.346 e. The molecule has 0 spiro atoms. The standard InChI is InChI=1S/C23H20ClN5O4/c1-2-32-21-12-15(14-25-16-9-10-19(24)18(13-16)22(30)31)8-11-20(21)33-23-26-27-28-29(23)17-6-4-3-5-7-17/h3-13,25H,2,14H2,1H3,(H,30,31). The normalized spacial score (nSPS) is 10.6. The van der Waals surface area contributed by atoms with Gasteiger partial charge in [-0.1, -0.05) is 41.0 Å². The van der Waals surface area contributed by atoms with E-state index in [9.17, 15) is 9.90 Å². The molecule has 4 rings (SSSR count). The third kappa shape index (κ3) is 5.21. The monoisotopic (exact) mass is 465 g/mol. The number of hydrogen-bond acceptors (Lipinski definition) is 7. The molecule has 168 valence electrons. The van der Waals surface area contributed by atoms with E-state index in [-0.39, 0.29) is 16.6 Å². The van der Waals surface area contributed by atoms with Crippen LogP contribution in [0.15, 0.2) is 66.7 Å². The van der Waals surface area contributed by atoms with Gasteiger partial charge in [-0.2, -0.15) is 4.68 Å². The van der Waals surface area contributed by atoms with Crippen LogP contribution in [0.25, 0.3) is 5.69 Å². The lowest BCUT2D eigenvalue weighted by atomic mass is 10.1. The van der Waals surface area contributed by atoms with Crippen molar-refractivity contribution >= 4 is 23.3 Å². The van der Waals surface area contributed by atoms with Gasteiger partial charge < -0.3 is 19.9 Å². The summed E-state index contributed by atoms with van der Waals surface area (Å²) >= 11 is 5.94. The summed E-state index contributed by atoms with van der Waals surface area (Å²) in [5.74, 6) is -0.0874. The van der Waals surface area contributed by atoms with Gasteiger partial charge in [-0.05, 0) is 65.4 Å². The van der Waals surface area contributed by atoms with Crippen molar-refractivity contribution in [3.05, 3.63) is 82.9 Å². The van der Waals surface area contributed by atoms with E-state index < -0.39 is 5.97 Å². The lowest BCUT2D eigenvalue weighted by Gasteiger charge is -2.14. The molecule has 0 fully saturated rings. The summed E-state index contributed by atoms with van der Waals surface area (Å²) in [5.41, 5.74) is 2.34. The second kappa shape index (κ2) is 10.0. The van der Waals surface area contributed by atoms with E-state index in [1.54, 1.807) is 18.2 Å². The Hall–Kier alpha value is -4.11. The number of ether oxygens (including phenoxy) is 2. The smallest absolute Gasteiger partial charge is 0.346 e. The van der Waals surface area contributed by atoms with Crippen LogP contribution in [-0.4, -0.2) is 37.9 Å². The number of nitrogens with one attached hydrogen (secondary N) is 1. The summed E-state index contributed by atoms with van der Waals surface area (Å²) in [6.07, 6.45) is 0. The topological polar surface area (TPSA) is 111 Å². The van der Waals surface area contributed by atoms with E-state index in [0.717, 1.165) is 11.3 Å². The number of halogens is 1. The minimum Gasteiger partial charge on any atom is -0.490 e. The molecule has 0 aliphatic carbocycles. The number of carbonyl (C=O) groups is 1. The lowest BCUT2D eigenvalue weighted by Crippen LogP contribution is -2.04. The summed E-state index contributed by atoms with van der Waals surface area (Å²) in [7, 11) is 0. The van der Waals surface area contributed by atoms with Crippen molar-refractivity contribution in [1.82, 2.24) is 20.2 Å². The average molecular weight is 466 g/mol. The van der Waals surface area contributed by atoms with Crippen LogP contribution in [0.3, 0.4) is 0 Å². The van der Waals surface area contributed by atoms with Gasteiger partial charge in [0.2, 0.25) is 0 Å². The van der Waals surface area contributed by atoms with Gasteiger partial charge in [0, 0.05) is 12.2 Å². The molecule has 0 aliphatic rings. The molecular weight excluding hydrogens is 446 g/mol. The highest BCUT2D eigenvalue weighted by molar-refractivity contribution is 6.33. The lowest BCUT2D eigenvalue weighted by molar-refractivity contribution is 0.0697. The first-order valence-electron chi connectivity index (χ1n) is 10.1.